The summed E-state index contributed by atoms with van der Waals surface area (Å²) in [6.45, 7) is 4.48. The van der Waals surface area contributed by atoms with Crippen molar-refractivity contribution in [2.24, 2.45) is 11.8 Å². The number of hydrogen-bond acceptors (Lipinski definition) is 1. The van der Waals surface area contributed by atoms with Crippen molar-refractivity contribution in [1.82, 2.24) is 0 Å². The van der Waals surface area contributed by atoms with Crippen molar-refractivity contribution in [1.29, 1.82) is 0 Å². The van der Waals surface area contributed by atoms with Crippen LogP contribution in [-0.4, -0.2) is 6.04 Å². The SMILES string of the molecule is Cc1cc2c(cc1C)C1C(C[C@@H]3CC[C@H]1C3)N2. The molecule has 0 radical (unpaired) electrons. The Balaban J connectivity index is 1.81. The fraction of sp³-hybridized carbons (Fsp3) is 0.625. The molecule has 3 aliphatic rings. The van der Waals surface area contributed by atoms with Crippen LogP contribution in [0.3, 0.4) is 0 Å². The van der Waals surface area contributed by atoms with E-state index in [0.717, 1.165) is 23.8 Å². The zero-order valence-corrected chi connectivity index (χ0v) is 10.8. The summed E-state index contributed by atoms with van der Waals surface area (Å²) in [6.07, 6.45) is 5.86. The molecule has 0 spiro atoms. The summed E-state index contributed by atoms with van der Waals surface area (Å²) in [7, 11) is 0. The van der Waals surface area contributed by atoms with Gasteiger partial charge in [-0.05, 0) is 67.7 Å². The van der Waals surface area contributed by atoms with Gasteiger partial charge in [-0.2, -0.15) is 0 Å². The minimum Gasteiger partial charge on any atom is -0.381 e. The van der Waals surface area contributed by atoms with Crippen molar-refractivity contribution in [2.45, 2.75) is 51.5 Å². The van der Waals surface area contributed by atoms with Crippen LogP contribution in [0, 0.1) is 25.7 Å². The quantitative estimate of drug-likeness (QED) is 0.706. The molecular weight excluding hydrogens is 206 g/mol. The number of anilines is 1. The maximum absolute atomic E-state index is 3.81. The van der Waals surface area contributed by atoms with Crippen LogP contribution >= 0.6 is 0 Å². The van der Waals surface area contributed by atoms with E-state index in [4.69, 9.17) is 0 Å². The van der Waals surface area contributed by atoms with Gasteiger partial charge in [0.2, 0.25) is 0 Å². The van der Waals surface area contributed by atoms with Gasteiger partial charge in [0.15, 0.2) is 0 Å². The van der Waals surface area contributed by atoms with Gasteiger partial charge in [-0.3, -0.25) is 0 Å². The van der Waals surface area contributed by atoms with Crippen LogP contribution in [0.15, 0.2) is 12.1 Å². The van der Waals surface area contributed by atoms with Gasteiger partial charge in [0, 0.05) is 17.6 Å². The van der Waals surface area contributed by atoms with Crippen molar-refractivity contribution in [3.05, 3.63) is 28.8 Å². The number of benzene rings is 1. The molecule has 2 unspecified atom stereocenters. The van der Waals surface area contributed by atoms with Crippen LogP contribution in [0.2, 0.25) is 0 Å². The zero-order chi connectivity index (χ0) is 11.6. The van der Waals surface area contributed by atoms with Crippen molar-refractivity contribution in [3.8, 4) is 0 Å². The topological polar surface area (TPSA) is 12.0 Å². The van der Waals surface area contributed by atoms with Gasteiger partial charge in [-0.25, -0.2) is 0 Å². The molecule has 1 N–H and O–H groups in total. The van der Waals surface area contributed by atoms with Crippen molar-refractivity contribution in [3.63, 3.8) is 0 Å². The Bertz CT molecular complexity index is 477. The summed E-state index contributed by atoms with van der Waals surface area (Å²) in [4.78, 5) is 0. The standard InChI is InChI=1S/C16H21N/c1-9-5-13-14(6-10(9)2)17-15-8-11-3-4-12(7-11)16(13)15/h5-6,11-12,15-17H,3-4,7-8H2,1-2H3/t11-,12+,15?,16?/m1/s1. The normalized spacial score (nSPS) is 37.5. The maximum Gasteiger partial charge on any atom is 0.0381 e. The van der Waals surface area contributed by atoms with E-state index in [9.17, 15) is 0 Å². The largest absolute Gasteiger partial charge is 0.381 e. The highest BCUT2D eigenvalue weighted by atomic mass is 15.0. The Kier molecular flexibility index (Phi) is 1.93. The van der Waals surface area contributed by atoms with E-state index in [1.165, 1.54) is 42.5 Å². The predicted molar refractivity (Wildman–Crippen MR) is 71.5 cm³/mol. The van der Waals surface area contributed by atoms with Crippen molar-refractivity contribution < 1.29 is 0 Å². The summed E-state index contributed by atoms with van der Waals surface area (Å²) in [6, 6.07) is 5.58. The number of nitrogens with one attached hydrogen (secondary N) is 1. The van der Waals surface area contributed by atoms with E-state index in [1.54, 1.807) is 5.56 Å². The minimum atomic E-state index is 0.748. The number of fused-ring (bicyclic) bond motifs is 6. The van der Waals surface area contributed by atoms with Gasteiger partial charge >= 0.3 is 0 Å². The lowest BCUT2D eigenvalue weighted by atomic mass is 9.74. The molecule has 2 bridgehead atoms. The van der Waals surface area contributed by atoms with Crippen molar-refractivity contribution in [2.75, 3.05) is 5.32 Å². The van der Waals surface area contributed by atoms with E-state index in [0.29, 0.717) is 0 Å². The fourth-order valence-corrected chi connectivity index (χ4v) is 4.55. The summed E-state index contributed by atoms with van der Waals surface area (Å²) >= 11 is 0. The fourth-order valence-electron chi connectivity index (χ4n) is 4.55. The van der Waals surface area contributed by atoms with Gasteiger partial charge in [0.25, 0.3) is 0 Å². The predicted octanol–water partition coefficient (Wildman–Crippen LogP) is 4.00. The number of hydrogen-bond donors (Lipinski definition) is 1. The molecule has 0 saturated heterocycles. The molecule has 2 fully saturated rings. The zero-order valence-electron chi connectivity index (χ0n) is 10.8. The molecule has 4 rings (SSSR count). The lowest BCUT2D eigenvalue weighted by Crippen LogP contribution is -2.30. The van der Waals surface area contributed by atoms with Crippen LogP contribution in [0.25, 0.3) is 0 Å². The van der Waals surface area contributed by atoms with E-state index in [2.05, 4.69) is 31.3 Å². The summed E-state index contributed by atoms with van der Waals surface area (Å²) in [5.41, 5.74) is 5.96. The molecule has 0 aromatic heterocycles. The lowest BCUT2D eigenvalue weighted by molar-refractivity contribution is 0.300. The first-order valence-electron chi connectivity index (χ1n) is 7.10. The lowest BCUT2D eigenvalue weighted by Gasteiger charge is -2.32. The van der Waals surface area contributed by atoms with Gasteiger partial charge in [0.1, 0.15) is 0 Å². The highest BCUT2D eigenvalue weighted by molar-refractivity contribution is 5.63. The van der Waals surface area contributed by atoms with Crippen molar-refractivity contribution >= 4 is 5.69 Å². The molecule has 2 saturated carbocycles. The third-order valence-corrected chi connectivity index (χ3v) is 5.48. The highest BCUT2D eigenvalue weighted by Crippen LogP contribution is 2.55. The minimum absolute atomic E-state index is 0.748. The first-order valence-corrected chi connectivity index (χ1v) is 7.10. The maximum atomic E-state index is 3.81. The highest BCUT2D eigenvalue weighted by Gasteiger charge is 2.46. The smallest absolute Gasteiger partial charge is 0.0381 e. The van der Waals surface area contributed by atoms with Gasteiger partial charge in [0.05, 0.1) is 0 Å². The molecule has 1 aromatic carbocycles. The molecule has 1 aromatic rings. The molecular formula is C16H21N. The molecule has 1 heteroatoms. The molecule has 0 amide bonds. The number of aryl methyl sites for hydroxylation is 2. The van der Waals surface area contributed by atoms with Crippen LogP contribution in [-0.2, 0) is 0 Å². The number of rotatable bonds is 0. The summed E-state index contributed by atoms with van der Waals surface area (Å²) < 4.78 is 0. The van der Waals surface area contributed by atoms with Gasteiger partial charge in [-0.15, -0.1) is 0 Å². The van der Waals surface area contributed by atoms with E-state index >= 15 is 0 Å². The molecule has 90 valence electrons. The average molecular weight is 227 g/mol. The second-order valence-corrected chi connectivity index (χ2v) is 6.48. The summed E-state index contributed by atoms with van der Waals surface area (Å²) in [5, 5.41) is 3.81. The Morgan fingerprint density at radius 1 is 1.06 bits per heavy atom. The van der Waals surface area contributed by atoms with Crippen LogP contribution in [0.5, 0.6) is 0 Å². The third kappa shape index (κ3) is 1.31. The Morgan fingerprint density at radius 2 is 1.88 bits per heavy atom. The Labute approximate surface area is 104 Å². The molecule has 4 atom stereocenters. The third-order valence-electron chi connectivity index (χ3n) is 5.48. The average Bonchev–Trinajstić information content (AvgIpc) is 2.82. The molecule has 1 aliphatic heterocycles. The Hall–Kier alpha value is -0.980. The summed E-state index contributed by atoms with van der Waals surface area (Å²) in [5.74, 6) is 2.81. The Morgan fingerprint density at radius 3 is 2.76 bits per heavy atom. The second kappa shape index (κ2) is 3.28. The monoisotopic (exact) mass is 227 g/mol. The molecule has 1 nitrogen and oxygen atoms in total. The molecule has 1 heterocycles. The van der Waals surface area contributed by atoms with E-state index < -0.39 is 0 Å². The van der Waals surface area contributed by atoms with Crippen LogP contribution < -0.4 is 5.32 Å². The first-order chi connectivity index (χ1) is 8.22. The first kappa shape index (κ1) is 9.99. The van der Waals surface area contributed by atoms with Gasteiger partial charge in [-0.1, -0.05) is 12.5 Å². The van der Waals surface area contributed by atoms with Crippen LogP contribution in [0.1, 0.15) is 48.3 Å². The van der Waals surface area contributed by atoms with E-state index in [-0.39, 0.29) is 0 Å². The van der Waals surface area contributed by atoms with Gasteiger partial charge < -0.3 is 5.32 Å². The van der Waals surface area contributed by atoms with Crippen LogP contribution in [0.4, 0.5) is 5.69 Å². The molecule has 2 aliphatic carbocycles. The molecule has 17 heavy (non-hydrogen) atoms. The van der Waals surface area contributed by atoms with E-state index in [1.807, 2.05) is 0 Å². The second-order valence-electron chi connectivity index (χ2n) is 6.48.